The Labute approximate surface area is 189 Å². The minimum atomic E-state index is -0.775. The highest BCUT2D eigenvalue weighted by molar-refractivity contribution is 7.22. The predicted octanol–water partition coefficient (Wildman–Crippen LogP) is 5.95. The zero-order chi connectivity index (χ0) is 22.0. The number of hydrogen-bond donors (Lipinski definition) is 0. The van der Waals surface area contributed by atoms with Gasteiger partial charge in [-0.1, -0.05) is 47.2 Å². The van der Waals surface area contributed by atoms with Crippen molar-refractivity contribution in [1.29, 1.82) is 0 Å². The molecule has 1 aliphatic heterocycles. The molecule has 6 rings (SSSR count). The van der Waals surface area contributed by atoms with Crippen molar-refractivity contribution in [3.05, 3.63) is 105 Å². The van der Waals surface area contributed by atoms with Crippen LogP contribution in [0.1, 0.15) is 27.7 Å². The SMILES string of the molecule is O=C1c2oc3ccccc3c(=O)c2[C@H](c2cccc(Cl)c2)N1c1nc2ccc(F)cc2s1. The van der Waals surface area contributed by atoms with Crippen molar-refractivity contribution in [3.8, 4) is 0 Å². The Hall–Kier alpha value is -3.55. The Morgan fingerprint density at radius 3 is 2.72 bits per heavy atom. The molecule has 0 saturated carbocycles. The molecule has 2 aromatic heterocycles. The molecule has 1 amide bonds. The highest BCUT2D eigenvalue weighted by Gasteiger charge is 2.45. The summed E-state index contributed by atoms with van der Waals surface area (Å²) in [5.74, 6) is -0.894. The van der Waals surface area contributed by atoms with Crippen LogP contribution in [0.2, 0.25) is 5.02 Å². The molecule has 0 saturated heterocycles. The summed E-state index contributed by atoms with van der Waals surface area (Å²) in [6.07, 6.45) is 0. The van der Waals surface area contributed by atoms with E-state index in [1.807, 2.05) is 0 Å². The van der Waals surface area contributed by atoms with Gasteiger partial charge in [-0.05, 0) is 48.0 Å². The van der Waals surface area contributed by atoms with E-state index < -0.39 is 17.8 Å². The normalized spacial score (nSPS) is 15.6. The molecular weight excluding hydrogens is 451 g/mol. The Balaban J connectivity index is 1.65. The molecule has 0 fully saturated rings. The van der Waals surface area contributed by atoms with Crippen LogP contribution in [0.15, 0.2) is 75.9 Å². The number of carbonyl (C=O) groups is 1. The first-order valence-corrected chi connectivity index (χ1v) is 10.9. The zero-order valence-electron chi connectivity index (χ0n) is 16.2. The second-order valence-corrected chi connectivity index (χ2v) is 8.86. The third-order valence-corrected chi connectivity index (χ3v) is 6.74. The van der Waals surface area contributed by atoms with E-state index in [2.05, 4.69) is 4.98 Å². The Bertz CT molecular complexity index is 1630. The molecule has 0 N–H and O–H groups in total. The van der Waals surface area contributed by atoms with Crippen LogP contribution in [0.5, 0.6) is 0 Å². The third-order valence-electron chi connectivity index (χ3n) is 5.49. The maximum absolute atomic E-state index is 13.7. The molecule has 0 radical (unpaired) electrons. The van der Waals surface area contributed by atoms with Gasteiger partial charge in [0.15, 0.2) is 10.6 Å². The van der Waals surface area contributed by atoms with Gasteiger partial charge in [-0.25, -0.2) is 9.37 Å². The van der Waals surface area contributed by atoms with Gasteiger partial charge in [0.25, 0.3) is 5.91 Å². The molecular formula is C24H12ClFN2O3S. The number of rotatable bonds is 2. The van der Waals surface area contributed by atoms with Crippen molar-refractivity contribution in [2.75, 3.05) is 4.90 Å². The zero-order valence-corrected chi connectivity index (χ0v) is 17.8. The van der Waals surface area contributed by atoms with Crippen molar-refractivity contribution in [2.45, 2.75) is 6.04 Å². The van der Waals surface area contributed by atoms with Crippen molar-refractivity contribution >= 4 is 55.2 Å². The summed E-state index contributed by atoms with van der Waals surface area (Å²) >= 11 is 7.41. The molecule has 0 aliphatic carbocycles. The maximum atomic E-state index is 13.7. The largest absolute Gasteiger partial charge is 0.450 e. The van der Waals surface area contributed by atoms with E-state index in [-0.39, 0.29) is 16.8 Å². The molecule has 5 nitrogen and oxygen atoms in total. The van der Waals surface area contributed by atoms with E-state index in [1.165, 1.54) is 28.4 Å². The van der Waals surface area contributed by atoms with Crippen LogP contribution >= 0.6 is 22.9 Å². The van der Waals surface area contributed by atoms with Crippen molar-refractivity contribution < 1.29 is 13.6 Å². The molecule has 0 unspecified atom stereocenters. The highest BCUT2D eigenvalue weighted by Crippen LogP contribution is 2.44. The fourth-order valence-corrected chi connectivity index (χ4v) is 5.31. The number of nitrogens with zero attached hydrogens (tertiary/aromatic N) is 2. The lowest BCUT2D eigenvalue weighted by Gasteiger charge is -2.22. The summed E-state index contributed by atoms with van der Waals surface area (Å²) in [7, 11) is 0. The summed E-state index contributed by atoms with van der Waals surface area (Å²) in [6.45, 7) is 0. The van der Waals surface area contributed by atoms with Crippen LogP contribution in [0.3, 0.4) is 0 Å². The summed E-state index contributed by atoms with van der Waals surface area (Å²) in [5, 5.41) is 1.20. The molecule has 0 bridgehead atoms. The number of amides is 1. The first-order valence-electron chi connectivity index (χ1n) is 9.72. The second-order valence-electron chi connectivity index (χ2n) is 7.41. The third kappa shape index (κ3) is 2.78. The maximum Gasteiger partial charge on any atom is 0.297 e. The molecule has 8 heteroatoms. The number of thiazole rings is 1. The predicted molar refractivity (Wildman–Crippen MR) is 122 cm³/mol. The van der Waals surface area contributed by atoms with Crippen LogP contribution in [0.25, 0.3) is 21.2 Å². The quantitative estimate of drug-likeness (QED) is 0.325. The second kappa shape index (κ2) is 6.98. The number of anilines is 1. The Kier molecular flexibility index (Phi) is 4.18. The van der Waals surface area contributed by atoms with E-state index in [1.54, 1.807) is 54.6 Å². The van der Waals surface area contributed by atoms with E-state index >= 15 is 0 Å². The lowest BCUT2D eigenvalue weighted by atomic mass is 9.99. The van der Waals surface area contributed by atoms with Crippen LogP contribution in [0.4, 0.5) is 9.52 Å². The smallest absolute Gasteiger partial charge is 0.297 e. The van der Waals surface area contributed by atoms with Crippen LogP contribution in [-0.4, -0.2) is 10.9 Å². The number of hydrogen-bond acceptors (Lipinski definition) is 5. The molecule has 156 valence electrons. The molecule has 3 heterocycles. The lowest BCUT2D eigenvalue weighted by molar-refractivity contribution is 0.0971. The molecule has 1 aliphatic rings. The summed E-state index contributed by atoms with van der Waals surface area (Å²) in [4.78, 5) is 33.0. The minimum Gasteiger partial charge on any atom is -0.450 e. The van der Waals surface area contributed by atoms with Gasteiger partial charge in [0, 0.05) is 5.02 Å². The van der Waals surface area contributed by atoms with E-state index in [0.717, 1.165) is 0 Å². The lowest BCUT2D eigenvalue weighted by Crippen LogP contribution is -2.29. The summed E-state index contributed by atoms with van der Waals surface area (Å²) in [5.41, 5.74) is 1.50. The monoisotopic (exact) mass is 462 g/mol. The van der Waals surface area contributed by atoms with E-state index in [0.29, 0.717) is 36.9 Å². The Morgan fingerprint density at radius 2 is 1.88 bits per heavy atom. The summed E-state index contributed by atoms with van der Waals surface area (Å²) < 4.78 is 20.3. The van der Waals surface area contributed by atoms with Crippen molar-refractivity contribution in [1.82, 2.24) is 4.98 Å². The fraction of sp³-hybridized carbons (Fsp3) is 0.0417. The number of aromatic nitrogens is 1. The highest BCUT2D eigenvalue weighted by atomic mass is 35.5. The van der Waals surface area contributed by atoms with Gasteiger partial charge in [-0.15, -0.1) is 0 Å². The van der Waals surface area contributed by atoms with Crippen LogP contribution in [0, 0.1) is 5.82 Å². The average molecular weight is 463 g/mol. The molecule has 5 aromatic rings. The number of carbonyl (C=O) groups excluding carboxylic acids is 1. The molecule has 0 spiro atoms. The van der Waals surface area contributed by atoms with Gasteiger partial charge >= 0.3 is 0 Å². The minimum absolute atomic E-state index is 0.0240. The Morgan fingerprint density at radius 1 is 1.03 bits per heavy atom. The molecule has 32 heavy (non-hydrogen) atoms. The fourth-order valence-electron chi connectivity index (χ4n) is 4.10. The first kappa shape index (κ1) is 19.2. The van der Waals surface area contributed by atoms with E-state index in [4.69, 9.17) is 16.0 Å². The number of halogens is 2. The van der Waals surface area contributed by atoms with Gasteiger partial charge in [-0.2, -0.15) is 0 Å². The van der Waals surface area contributed by atoms with Crippen LogP contribution in [-0.2, 0) is 0 Å². The van der Waals surface area contributed by atoms with Crippen LogP contribution < -0.4 is 10.3 Å². The first-order chi connectivity index (χ1) is 15.5. The molecule has 1 atom stereocenters. The van der Waals surface area contributed by atoms with Gasteiger partial charge in [0.1, 0.15) is 11.4 Å². The van der Waals surface area contributed by atoms with Gasteiger partial charge < -0.3 is 4.42 Å². The number of fused-ring (bicyclic) bond motifs is 3. The molecule has 3 aromatic carbocycles. The number of para-hydroxylation sites is 1. The topological polar surface area (TPSA) is 63.4 Å². The van der Waals surface area contributed by atoms with Gasteiger partial charge in [0.2, 0.25) is 5.76 Å². The van der Waals surface area contributed by atoms with Crippen molar-refractivity contribution in [3.63, 3.8) is 0 Å². The van der Waals surface area contributed by atoms with E-state index in [9.17, 15) is 14.0 Å². The summed E-state index contributed by atoms with van der Waals surface area (Å²) in [6, 6.07) is 17.3. The van der Waals surface area contributed by atoms with Gasteiger partial charge in [0.05, 0.1) is 27.2 Å². The van der Waals surface area contributed by atoms with Gasteiger partial charge in [-0.3, -0.25) is 14.5 Å². The standard InChI is InChI=1S/C24H12ClFN2O3S/c25-13-5-3-4-12(10-13)20-19-21(29)15-6-1-2-7-17(15)31-22(19)23(30)28(20)24-27-16-9-8-14(26)11-18(16)32-24/h1-11,20H/t20-/m0/s1. The number of benzene rings is 3. The average Bonchev–Trinajstić information content (AvgIpc) is 3.32. The van der Waals surface area contributed by atoms with Crippen molar-refractivity contribution in [2.24, 2.45) is 0 Å².